The van der Waals surface area contributed by atoms with Crippen LogP contribution in [0.15, 0.2) is 24.4 Å². The van der Waals surface area contributed by atoms with Crippen LogP contribution in [0, 0.1) is 0 Å². The third-order valence-corrected chi connectivity index (χ3v) is 1.98. The van der Waals surface area contributed by atoms with Crippen LogP contribution in [-0.4, -0.2) is 29.1 Å². The minimum atomic E-state index is -3.03. The average molecular weight is 272 g/mol. The van der Waals surface area contributed by atoms with E-state index in [1.54, 1.807) is 32.9 Å². The highest BCUT2D eigenvalue weighted by molar-refractivity contribution is 5.86. The number of halogens is 2. The fourth-order valence-electron chi connectivity index (χ4n) is 1.35. The fourth-order valence-corrected chi connectivity index (χ4v) is 1.35. The van der Waals surface area contributed by atoms with Crippen LogP contribution < -0.4 is 4.90 Å². The molecule has 1 rings (SSSR count). The Morgan fingerprint density at radius 2 is 1.95 bits per heavy atom. The molecule has 0 saturated carbocycles. The number of nitrogens with zero attached hydrogens (tertiary/aromatic N) is 2. The largest absolute Gasteiger partial charge is 0.443 e. The quantitative estimate of drug-likeness (QED) is 0.846. The molecule has 0 spiro atoms. The maximum Gasteiger partial charge on any atom is 0.416 e. The van der Waals surface area contributed by atoms with Gasteiger partial charge >= 0.3 is 6.09 Å². The van der Waals surface area contributed by atoms with Gasteiger partial charge in [0.15, 0.2) is 0 Å². The molecule has 1 aromatic heterocycles. The first kappa shape index (κ1) is 15.3. The summed E-state index contributed by atoms with van der Waals surface area (Å²) in [7, 11) is 0. The number of rotatable bonds is 3. The Bertz CT molecular complexity index is 425. The van der Waals surface area contributed by atoms with Crippen LogP contribution in [-0.2, 0) is 4.74 Å². The normalized spacial score (nSPS) is 12.1. The van der Waals surface area contributed by atoms with Gasteiger partial charge in [-0.15, -0.1) is 0 Å². The molecule has 19 heavy (non-hydrogen) atoms. The predicted molar refractivity (Wildman–Crippen MR) is 68.4 cm³/mol. The van der Waals surface area contributed by atoms with E-state index in [2.05, 4.69) is 4.98 Å². The van der Waals surface area contributed by atoms with Crippen LogP contribution in [0.4, 0.5) is 19.4 Å². The van der Waals surface area contributed by atoms with Crippen molar-refractivity contribution in [1.29, 1.82) is 0 Å². The van der Waals surface area contributed by atoms with E-state index >= 15 is 0 Å². The number of ether oxygens (including phenoxy) is 1. The number of hydrogen-bond donors (Lipinski definition) is 0. The highest BCUT2D eigenvalue weighted by Gasteiger charge is 2.32. The van der Waals surface area contributed by atoms with E-state index < -0.39 is 24.2 Å². The van der Waals surface area contributed by atoms with Crippen LogP contribution in [0.25, 0.3) is 0 Å². The van der Waals surface area contributed by atoms with Crippen LogP contribution >= 0.6 is 0 Å². The van der Waals surface area contributed by atoms with Crippen molar-refractivity contribution in [2.24, 2.45) is 0 Å². The van der Waals surface area contributed by atoms with Crippen molar-refractivity contribution in [3.63, 3.8) is 0 Å². The Morgan fingerprint density at radius 3 is 2.37 bits per heavy atom. The molecule has 0 aromatic carbocycles. The van der Waals surface area contributed by atoms with Gasteiger partial charge in [0.1, 0.15) is 11.4 Å². The summed E-state index contributed by atoms with van der Waals surface area (Å²) in [6.45, 7) is 4.98. The monoisotopic (exact) mass is 272 g/mol. The van der Waals surface area contributed by atoms with E-state index in [1.807, 2.05) is 0 Å². The summed E-state index contributed by atoms with van der Waals surface area (Å²) in [4.78, 5) is 16.7. The molecule has 0 saturated heterocycles. The summed E-state index contributed by atoms with van der Waals surface area (Å²) in [6, 6.07) is 4.74. The van der Waals surface area contributed by atoms with Crippen molar-refractivity contribution in [3.8, 4) is 0 Å². The van der Waals surface area contributed by atoms with Gasteiger partial charge in [-0.2, -0.15) is 0 Å². The van der Waals surface area contributed by atoms with Gasteiger partial charge in [-0.05, 0) is 32.9 Å². The van der Waals surface area contributed by atoms with E-state index in [4.69, 9.17) is 4.74 Å². The average Bonchev–Trinajstić information content (AvgIpc) is 2.23. The maximum atomic E-state index is 13.2. The third kappa shape index (κ3) is 5.63. The van der Waals surface area contributed by atoms with E-state index in [9.17, 15) is 13.6 Å². The Hall–Kier alpha value is -1.72. The van der Waals surface area contributed by atoms with Crippen molar-refractivity contribution in [3.05, 3.63) is 24.4 Å². The van der Waals surface area contributed by atoms with Gasteiger partial charge < -0.3 is 4.74 Å². The number of pyridine rings is 1. The Morgan fingerprint density at radius 1 is 1.32 bits per heavy atom. The van der Waals surface area contributed by atoms with Crippen molar-refractivity contribution in [2.45, 2.75) is 39.2 Å². The molecule has 0 bridgehead atoms. The SMILES string of the molecule is CC(F)(F)CN(C(=O)OC(C)(C)C)c1ccccn1. The molecule has 0 N–H and O–H groups in total. The molecule has 0 aliphatic heterocycles. The maximum absolute atomic E-state index is 13.2. The zero-order valence-corrected chi connectivity index (χ0v) is 11.5. The van der Waals surface area contributed by atoms with Gasteiger partial charge in [-0.3, -0.25) is 4.90 Å². The molecule has 0 fully saturated rings. The van der Waals surface area contributed by atoms with Crippen LogP contribution in [0.1, 0.15) is 27.7 Å². The number of amides is 1. The Kier molecular flexibility index (Phi) is 4.44. The van der Waals surface area contributed by atoms with Gasteiger partial charge in [0.05, 0.1) is 6.54 Å². The molecule has 1 amide bonds. The van der Waals surface area contributed by atoms with E-state index in [1.165, 1.54) is 12.3 Å². The van der Waals surface area contributed by atoms with Crippen molar-refractivity contribution < 1.29 is 18.3 Å². The predicted octanol–water partition coefficient (Wildman–Crippen LogP) is 3.48. The topological polar surface area (TPSA) is 42.4 Å². The first-order valence-corrected chi connectivity index (χ1v) is 5.88. The molecule has 1 aromatic rings. The van der Waals surface area contributed by atoms with E-state index in [-0.39, 0.29) is 5.82 Å². The van der Waals surface area contributed by atoms with Gasteiger partial charge in [0.25, 0.3) is 5.92 Å². The number of alkyl halides is 2. The second kappa shape index (κ2) is 5.50. The number of aromatic nitrogens is 1. The molecule has 0 aliphatic carbocycles. The molecule has 4 nitrogen and oxygen atoms in total. The summed E-state index contributed by atoms with van der Waals surface area (Å²) in [5.74, 6) is -2.90. The lowest BCUT2D eigenvalue weighted by Crippen LogP contribution is -2.43. The second-order valence-electron chi connectivity index (χ2n) is 5.32. The van der Waals surface area contributed by atoms with Gasteiger partial charge in [0, 0.05) is 13.1 Å². The number of carbonyl (C=O) groups excluding carboxylic acids is 1. The molecule has 0 unspecified atom stereocenters. The number of anilines is 1. The van der Waals surface area contributed by atoms with Crippen molar-refractivity contribution >= 4 is 11.9 Å². The van der Waals surface area contributed by atoms with E-state index in [0.717, 1.165) is 11.8 Å². The van der Waals surface area contributed by atoms with Gasteiger partial charge in [-0.1, -0.05) is 6.07 Å². The van der Waals surface area contributed by atoms with E-state index in [0.29, 0.717) is 0 Å². The molecule has 0 aliphatic rings. The van der Waals surface area contributed by atoms with Crippen LogP contribution in [0.5, 0.6) is 0 Å². The third-order valence-electron chi connectivity index (χ3n) is 1.98. The summed E-state index contributed by atoms with van der Waals surface area (Å²) in [5, 5.41) is 0. The van der Waals surface area contributed by atoms with Crippen LogP contribution in [0.3, 0.4) is 0 Å². The van der Waals surface area contributed by atoms with Gasteiger partial charge in [0.2, 0.25) is 0 Å². The summed E-state index contributed by atoms with van der Waals surface area (Å²) >= 11 is 0. The molecule has 0 radical (unpaired) electrons. The lowest BCUT2D eigenvalue weighted by molar-refractivity contribution is 0.0204. The molecular formula is C13H18F2N2O2. The first-order chi connectivity index (χ1) is 8.58. The summed E-state index contributed by atoms with van der Waals surface area (Å²) in [5.41, 5.74) is -0.757. The van der Waals surface area contributed by atoms with Crippen molar-refractivity contribution in [1.82, 2.24) is 4.98 Å². The second-order valence-corrected chi connectivity index (χ2v) is 5.32. The molecule has 1 heterocycles. The lowest BCUT2D eigenvalue weighted by Gasteiger charge is -2.28. The molecule has 0 atom stereocenters. The highest BCUT2D eigenvalue weighted by atomic mass is 19.3. The molecule has 6 heteroatoms. The standard InChI is InChI=1S/C13H18F2N2O2/c1-12(2,3)19-11(18)17(9-13(4,14)15)10-7-5-6-8-16-10/h5-8H,9H2,1-4H3. The minimum absolute atomic E-state index is 0.137. The summed E-state index contributed by atoms with van der Waals surface area (Å²) in [6.07, 6.45) is 0.591. The molecular weight excluding hydrogens is 254 g/mol. The molecule has 106 valence electrons. The number of hydrogen-bond acceptors (Lipinski definition) is 3. The zero-order chi connectivity index (χ0) is 14.7. The highest BCUT2D eigenvalue weighted by Crippen LogP contribution is 2.21. The zero-order valence-electron chi connectivity index (χ0n) is 11.5. The fraction of sp³-hybridized carbons (Fsp3) is 0.538. The smallest absolute Gasteiger partial charge is 0.416 e. The summed E-state index contributed by atoms with van der Waals surface area (Å²) < 4.78 is 31.5. The van der Waals surface area contributed by atoms with Crippen molar-refractivity contribution in [2.75, 3.05) is 11.4 Å². The van der Waals surface area contributed by atoms with Gasteiger partial charge in [-0.25, -0.2) is 18.6 Å². The Balaban J connectivity index is 2.97. The minimum Gasteiger partial charge on any atom is -0.443 e. The lowest BCUT2D eigenvalue weighted by atomic mass is 10.2. The van der Waals surface area contributed by atoms with Crippen LogP contribution in [0.2, 0.25) is 0 Å². The Labute approximate surface area is 111 Å². The number of carbonyl (C=O) groups is 1. The first-order valence-electron chi connectivity index (χ1n) is 5.88.